The molecule has 4 atom stereocenters. The number of carbonyl (C=O) groups excluding carboxylic acids is 1. The molecule has 0 spiro atoms. The molecule has 2 aliphatic rings. The number of likely N-dealkylation sites (tertiary alicyclic amines) is 1. The largest absolute Gasteiger partial charge is 0.472 e. The fourth-order valence-electron chi connectivity index (χ4n) is 5.12. The lowest BCUT2D eigenvalue weighted by molar-refractivity contribution is 0.0124. The van der Waals surface area contributed by atoms with E-state index in [1.165, 1.54) is 16.2 Å². The third-order valence-electron chi connectivity index (χ3n) is 6.66. The number of amides is 1. The molecular formula is C23H26N4O4. The molecule has 5 rings (SSSR count). The number of aromatic nitrogens is 2. The molecule has 3 aromatic rings. The first-order valence-electron chi connectivity index (χ1n) is 10.7. The van der Waals surface area contributed by atoms with Gasteiger partial charge in [-0.2, -0.15) is 0 Å². The minimum atomic E-state index is -0.394. The molecule has 8 nitrogen and oxygen atoms in total. The maximum atomic E-state index is 13.0. The Bertz CT molecular complexity index is 1130. The monoisotopic (exact) mass is 422 g/mol. The zero-order chi connectivity index (χ0) is 21.4. The average Bonchev–Trinajstić information content (AvgIpc) is 3.42. The SMILES string of the molecule is CO[C@H]1C[C@@H]2CN(Cc3ccoc3)C[C@@H]2C[C@@H]1NC(=O)c1cnc2ccccn2c1=O. The highest BCUT2D eigenvalue weighted by atomic mass is 16.5. The second-order valence-corrected chi connectivity index (χ2v) is 8.58. The van der Waals surface area contributed by atoms with Crippen molar-refractivity contribution in [3.63, 3.8) is 0 Å². The van der Waals surface area contributed by atoms with E-state index in [2.05, 4.69) is 15.2 Å². The van der Waals surface area contributed by atoms with Crippen LogP contribution in [-0.4, -0.2) is 52.5 Å². The summed E-state index contributed by atoms with van der Waals surface area (Å²) in [6.07, 6.45) is 8.13. The van der Waals surface area contributed by atoms with Gasteiger partial charge in [-0.25, -0.2) is 4.98 Å². The molecule has 1 saturated carbocycles. The summed E-state index contributed by atoms with van der Waals surface area (Å²) in [6, 6.07) is 7.15. The summed E-state index contributed by atoms with van der Waals surface area (Å²) in [7, 11) is 1.69. The van der Waals surface area contributed by atoms with Crippen LogP contribution in [0.3, 0.4) is 0 Å². The van der Waals surface area contributed by atoms with Crippen LogP contribution in [0.4, 0.5) is 0 Å². The molecule has 2 fully saturated rings. The number of rotatable bonds is 5. The Morgan fingerprint density at radius 3 is 2.87 bits per heavy atom. The number of methoxy groups -OCH3 is 1. The summed E-state index contributed by atoms with van der Waals surface area (Å²) < 4.78 is 12.3. The van der Waals surface area contributed by atoms with Gasteiger partial charge in [-0.05, 0) is 42.9 Å². The topological polar surface area (TPSA) is 89.1 Å². The predicted octanol–water partition coefficient (Wildman–Crippen LogP) is 1.94. The van der Waals surface area contributed by atoms with E-state index in [1.807, 2.05) is 6.07 Å². The van der Waals surface area contributed by atoms with Crippen LogP contribution in [0.1, 0.15) is 28.8 Å². The summed E-state index contributed by atoms with van der Waals surface area (Å²) in [4.78, 5) is 32.4. The van der Waals surface area contributed by atoms with Crippen molar-refractivity contribution in [1.29, 1.82) is 0 Å². The zero-order valence-electron chi connectivity index (χ0n) is 17.4. The third kappa shape index (κ3) is 3.88. The minimum Gasteiger partial charge on any atom is -0.472 e. The normalized spacial score (nSPS) is 26.1. The number of hydrogen-bond donors (Lipinski definition) is 1. The zero-order valence-corrected chi connectivity index (χ0v) is 17.4. The highest BCUT2D eigenvalue weighted by Gasteiger charge is 2.43. The standard InChI is InChI=1S/C23H26N4O4/c1-30-20-9-17-13-26(11-15-5-7-31-14-15)12-16(17)8-19(20)25-22(28)18-10-24-21-4-2-3-6-27(21)23(18)29/h2-7,10,14,16-17,19-20H,8-9,11-13H2,1H3,(H,25,28)/t16-,17+,19-,20-/m0/s1. The van der Waals surface area contributed by atoms with Crippen LogP contribution in [0.25, 0.3) is 5.65 Å². The Morgan fingerprint density at radius 2 is 2.10 bits per heavy atom. The molecule has 3 aromatic heterocycles. The second-order valence-electron chi connectivity index (χ2n) is 8.58. The van der Waals surface area contributed by atoms with E-state index >= 15 is 0 Å². The van der Waals surface area contributed by atoms with E-state index in [0.29, 0.717) is 17.5 Å². The summed E-state index contributed by atoms with van der Waals surface area (Å²) in [5.74, 6) is 0.631. The molecule has 162 valence electrons. The van der Waals surface area contributed by atoms with E-state index < -0.39 is 5.91 Å². The predicted molar refractivity (Wildman–Crippen MR) is 114 cm³/mol. The Hall–Kier alpha value is -2.97. The molecule has 1 saturated heterocycles. The molecule has 1 aliphatic heterocycles. The van der Waals surface area contributed by atoms with Crippen molar-refractivity contribution in [3.8, 4) is 0 Å². The van der Waals surface area contributed by atoms with Gasteiger partial charge < -0.3 is 14.5 Å². The second kappa shape index (κ2) is 8.28. The molecule has 4 heterocycles. The quantitative estimate of drug-likeness (QED) is 0.676. The van der Waals surface area contributed by atoms with Gasteiger partial charge in [0.15, 0.2) is 0 Å². The summed E-state index contributed by atoms with van der Waals surface area (Å²) >= 11 is 0. The first kappa shape index (κ1) is 20.0. The van der Waals surface area contributed by atoms with Crippen molar-refractivity contribution in [2.75, 3.05) is 20.2 Å². The molecule has 1 aliphatic carbocycles. The maximum Gasteiger partial charge on any atom is 0.270 e. The van der Waals surface area contributed by atoms with E-state index in [1.54, 1.807) is 44.0 Å². The Balaban J connectivity index is 1.29. The van der Waals surface area contributed by atoms with Crippen LogP contribution in [0.15, 0.2) is 58.4 Å². The molecule has 1 amide bonds. The van der Waals surface area contributed by atoms with Crippen LogP contribution in [0, 0.1) is 11.8 Å². The van der Waals surface area contributed by atoms with Crippen LogP contribution in [0.2, 0.25) is 0 Å². The van der Waals surface area contributed by atoms with Crippen molar-refractivity contribution in [1.82, 2.24) is 19.6 Å². The number of fused-ring (bicyclic) bond motifs is 2. The average molecular weight is 422 g/mol. The van der Waals surface area contributed by atoms with Crippen LogP contribution in [-0.2, 0) is 11.3 Å². The number of nitrogens with zero attached hydrogens (tertiary/aromatic N) is 3. The number of ether oxygens (including phenoxy) is 1. The molecule has 0 radical (unpaired) electrons. The van der Waals surface area contributed by atoms with Gasteiger partial charge in [0.25, 0.3) is 11.5 Å². The first-order chi connectivity index (χ1) is 15.1. The van der Waals surface area contributed by atoms with E-state index in [4.69, 9.17) is 9.15 Å². The van der Waals surface area contributed by atoms with Crippen molar-refractivity contribution in [3.05, 3.63) is 70.7 Å². The van der Waals surface area contributed by atoms with Crippen LogP contribution < -0.4 is 10.9 Å². The Labute approximate surface area is 179 Å². The molecule has 31 heavy (non-hydrogen) atoms. The molecule has 0 aromatic carbocycles. The van der Waals surface area contributed by atoms with Crippen molar-refractivity contribution in [2.24, 2.45) is 11.8 Å². The smallest absolute Gasteiger partial charge is 0.270 e. The molecule has 1 N–H and O–H groups in total. The minimum absolute atomic E-state index is 0.0497. The van der Waals surface area contributed by atoms with Gasteiger partial charge in [0.05, 0.1) is 24.7 Å². The lowest BCUT2D eigenvalue weighted by Gasteiger charge is -2.37. The molecule has 0 unspecified atom stereocenters. The van der Waals surface area contributed by atoms with E-state index in [0.717, 1.165) is 32.5 Å². The number of furan rings is 1. The summed E-state index contributed by atoms with van der Waals surface area (Å²) in [5, 5.41) is 3.06. The molecule has 8 heteroatoms. The van der Waals surface area contributed by atoms with Gasteiger partial charge >= 0.3 is 0 Å². The summed E-state index contributed by atoms with van der Waals surface area (Å²) in [5.41, 5.74) is 1.38. The highest BCUT2D eigenvalue weighted by Crippen LogP contribution is 2.38. The molecular weight excluding hydrogens is 396 g/mol. The van der Waals surface area contributed by atoms with Crippen molar-refractivity contribution in [2.45, 2.75) is 31.5 Å². The number of nitrogens with one attached hydrogen (secondary N) is 1. The summed E-state index contributed by atoms with van der Waals surface area (Å²) in [6.45, 7) is 2.88. The van der Waals surface area contributed by atoms with E-state index in [9.17, 15) is 9.59 Å². The number of carbonyl (C=O) groups is 1. The number of pyridine rings is 1. The lowest BCUT2D eigenvalue weighted by Crippen LogP contribution is -2.51. The van der Waals surface area contributed by atoms with Gasteiger partial charge in [-0.1, -0.05) is 6.07 Å². The van der Waals surface area contributed by atoms with Gasteiger partial charge in [0.2, 0.25) is 0 Å². The van der Waals surface area contributed by atoms with Crippen LogP contribution >= 0.6 is 0 Å². The third-order valence-corrected chi connectivity index (χ3v) is 6.66. The fraction of sp³-hybridized carbons (Fsp3) is 0.435. The van der Waals surface area contributed by atoms with Gasteiger partial charge in [-0.15, -0.1) is 0 Å². The Morgan fingerprint density at radius 1 is 1.26 bits per heavy atom. The van der Waals surface area contributed by atoms with Gasteiger partial charge in [-0.3, -0.25) is 18.9 Å². The first-order valence-corrected chi connectivity index (χ1v) is 10.7. The molecule has 0 bridgehead atoms. The lowest BCUT2D eigenvalue weighted by atomic mass is 9.77. The van der Waals surface area contributed by atoms with Gasteiger partial charge in [0, 0.05) is 44.7 Å². The number of hydrogen-bond acceptors (Lipinski definition) is 6. The van der Waals surface area contributed by atoms with Crippen LogP contribution in [0.5, 0.6) is 0 Å². The van der Waals surface area contributed by atoms with Gasteiger partial charge in [0.1, 0.15) is 11.2 Å². The maximum absolute atomic E-state index is 13.0. The Kier molecular flexibility index (Phi) is 5.33. The van der Waals surface area contributed by atoms with E-state index in [-0.39, 0.29) is 23.3 Å². The van der Waals surface area contributed by atoms with Crippen molar-refractivity contribution >= 4 is 11.6 Å². The highest BCUT2D eigenvalue weighted by molar-refractivity contribution is 5.94. The van der Waals surface area contributed by atoms with Crippen molar-refractivity contribution < 1.29 is 13.9 Å². The fourth-order valence-corrected chi connectivity index (χ4v) is 5.12.